The minimum atomic E-state index is -4.99. The van der Waals surface area contributed by atoms with Crippen LogP contribution in [0.1, 0.15) is 48.9 Å². The summed E-state index contributed by atoms with van der Waals surface area (Å²) in [6.07, 6.45) is -1.29. The first-order chi connectivity index (χ1) is 12.6. The van der Waals surface area contributed by atoms with Crippen molar-refractivity contribution in [2.75, 3.05) is 19.0 Å². The molecule has 148 valence electrons. The highest BCUT2D eigenvalue weighted by Gasteiger charge is 2.63. The van der Waals surface area contributed by atoms with Crippen molar-refractivity contribution in [1.29, 1.82) is 0 Å². The number of benzene rings is 1. The van der Waals surface area contributed by atoms with Crippen molar-refractivity contribution in [3.8, 4) is 0 Å². The number of hydrazone groups is 1. The third kappa shape index (κ3) is 3.67. The number of hydrogen-bond donors (Lipinski definition) is 1. The fraction of sp³-hybridized carbons (Fsp3) is 0.579. The topological polar surface area (TPSA) is 56.1 Å². The molecule has 1 aromatic rings. The van der Waals surface area contributed by atoms with Crippen LogP contribution in [0.4, 0.5) is 18.9 Å². The van der Waals surface area contributed by atoms with E-state index in [0.717, 1.165) is 37.8 Å². The van der Waals surface area contributed by atoms with E-state index >= 15 is 0 Å². The highest BCUT2D eigenvalue weighted by molar-refractivity contribution is 5.99. The van der Waals surface area contributed by atoms with Crippen LogP contribution < -0.4 is 4.90 Å². The Morgan fingerprint density at radius 1 is 1.19 bits per heavy atom. The summed E-state index contributed by atoms with van der Waals surface area (Å²) >= 11 is 0. The Labute approximate surface area is 156 Å². The molecule has 1 fully saturated rings. The third-order valence-electron chi connectivity index (χ3n) is 5.36. The largest absolute Gasteiger partial charge is 0.438 e. The molecule has 0 spiro atoms. The number of halogens is 3. The van der Waals surface area contributed by atoms with E-state index in [1.165, 1.54) is 12.1 Å². The third-order valence-corrected chi connectivity index (χ3v) is 5.36. The molecule has 0 radical (unpaired) electrons. The Bertz CT molecular complexity index is 725. The maximum atomic E-state index is 13.7. The summed E-state index contributed by atoms with van der Waals surface area (Å²) in [6, 6.07) is 6.18. The molecule has 0 unspecified atom stereocenters. The van der Waals surface area contributed by atoms with E-state index in [0.29, 0.717) is 0 Å². The maximum absolute atomic E-state index is 13.7. The van der Waals surface area contributed by atoms with Gasteiger partial charge in [-0.05, 0) is 43.0 Å². The maximum Gasteiger partial charge on any atom is 0.438 e. The van der Waals surface area contributed by atoms with E-state index in [-0.39, 0.29) is 22.2 Å². The van der Waals surface area contributed by atoms with Crippen LogP contribution in [-0.4, -0.2) is 47.7 Å². The molecule has 1 aliphatic heterocycles. The number of carbonyl (C=O) groups is 1. The zero-order valence-corrected chi connectivity index (χ0v) is 15.5. The second-order valence-corrected chi connectivity index (χ2v) is 7.48. The monoisotopic (exact) mass is 383 g/mol. The smallest absolute Gasteiger partial charge is 0.378 e. The van der Waals surface area contributed by atoms with Crippen molar-refractivity contribution >= 4 is 17.3 Å². The number of amides is 1. The van der Waals surface area contributed by atoms with Gasteiger partial charge in [0.15, 0.2) is 0 Å². The average molecular weight is 383 g/mol. The fourth-order valence-electron chi connectivity index (χ4n) is 3.69. The Morgan fingerprint density at radius 2 is 1.78 bits per heavy atom. The summed E-state index contributed by atoms with van der Waals surface area (Å²) in [5.74, 6) is -1.06. The molecule has 3 rings (SSSR count). The summed E-state index contributed by atoms with van der Waals surface area (Å²) in [5, 5.41) is 14.6. The summed E-state index contributed by atoms with van der Waals surface area (Å²) in [5.41, 5.74) is -2.16. The van der Waals surface area contributed by atoms with Gasteiger partial charge >= 0.3 is 6.18 Å². The van der Waals surface area contributed by atoms with E-state index in [1.54, 1.807) is 12.1 Å². The molecule has 1 aliphatic carbocycles. The zero-order valence-electron chi connectivity index (χ0n) is 15.5. The van der Waals surface area contributed by atoms with Gasteiger partial charge in [-0.2, -0.15) is 23.3 Å². The predicted molar refractivity (Wildman–Crippen MR) is 96.6 cm³/mol. The van der Waals surface area contributed by atoms with Crippen molar-refractivity contribution in [2.45, 2.75) is 50.4 Å². The van der Waals surface area contributed by atoms with E-state index in [4.69, 9.17) is 0 Å². The number of alkyl halides is 3. The van der Waals surface area contributed by atoms with Gasteiger partial charge < -0.3 is 10.0 Å². The van der Waals surface area contributed by atoms with E-state index in [9.17, 15) is 23.1 Å². The van der Waals surface area contributed by atoms with Gasteiger partial charge in [-0.3, -0.25) is 4.79 Å². The summed E-state index contributed by atoms with van der Waals surface area (Å²) < 4.78 is 41.0. The molecule has 8 heteroatoms. The fourth-order valence-corrected chi connectivity index (χ4v) is 3.69. The highest BCUT2D eigenvalue weighted by Crippen LogP contribution is 2.43. The first kappa shape index (κ1) is 19.7. The number of aliphatic hydroxyl groups is 1. The van der Waals surface area contributed by atoms with Crippen LogP contribution in [0.25, 0.3) is 0 Å². The molecule has 27 heavy (non-hydrogen) atoms. The second-order valence-electron chi connectivity index (χ2n) is 7.48. The lowest BCUT2D eigenvalue weighted by atomic mass is 9.83. The quantitative estimate of drug-likeness (QED) is 0.864. The van der Waals surface area contributed by atoms with Crippen LogP contribution in [0.5, 0.6) is 0 Å². The molecule has 1 N–H and O–H groups in total. The van der Waals surface area contributed by atoms with Gasteiger partial charge in [0.05, 0.1) is 0 Å². The number of anilines is 1. The Kier molecular flexibility index (Phi) is 5.20. The highest BCUT2D eigenvalue weighted by atomic mass is 19.4. The lowest BCUT2D eigenvalue weighted by Gasteiger charge is -2.32. The normalized spacial score (nSPS) is 24.1. The zero-order chi connectivity index (χ0) is 19.8. The minimum absolute atomic E-state index is 0.0527. The van der Waals surface area contributed by atoms with Crippen LogP contribution >= 0.6 is 0 Å². The number of nitrogens with zero attached hydrogens (tertiary/aromatic N) is 3. The van der Waals surface area contributed by atoms with Gasteiger partial charge in [-0.1, -0.05) is 19.3 Å². The predicted octanol–water partition coefficient (Wildman–Crippen LogP) is 3.79. The van der Waals surface area contributed by atoms with E-state index in [2.05, 4.69) is 5.10 Å². The van der Waals surface area contributed by atoms with Crippen LogP contribution in [0.2, 0.25) is 0 Å². The molecule has 1 amide bonds. The molecule has 1 heterocycles. The molecule has 0 saturated heterocycles. The number of rotatable bonds is 3. The average Bonchev–Trinajstić information content (AvgIpc) is 3.01. The number of carbonyl (C=O) groups excluding carboxylic acids is 1. The van der Waals surface area contributed by atoms with Crippen LogP contribution in [0, 0.1) is 5.92 Å². The second kappa shape index (κ2) is 7.14. The van der Waals surface area contributed by atoms with Crippen molar-refractivity contribution in [3.63, 3.8) is 0 Å². The SMILES string of the molecule is CN(C)c1ccc(C(=O)N2N=C(C3CCCCC3)C[C@]2(O)C(F)(F)F)cc1. The van der Waals surface area contributed by atoms with Gasteiger partial charge in [0.25, 0.3) is 11.6 Å². The van der Waals surface area contributed by atoms with Crippen molar-refractivity contribution in [2.24, 2.45) is 11.0 Å². The lowest BCUT2D eigenvalue weighted by Crippen LogP contribution is -2.56. The first-order valence-electron chi connectivity index (χ1n) is 9.12. The molecule has 1 saturated carbocycles. The first-order valence-corrected chi connectivity index (χ1v) is 9.12. The van der Waals surface area contributed by atoms with Crippen LogP contribution in [-0.2, 0) is 0 Å². The molecule has 2 aliphatic rings. The minimum Gasteiger partial charge on any atom is -0.378 e. The Balaban J connectivity index is 1.92. The summed E-state index contributed by atoms with van der Waals surface area (Å²) in [7, 11) is 3.64. The Hall–Kier alpha value is -2.09. The molecule has 1 atom stereocenters. The van der Waals surface area contributed by atoms with Gasteiger partial charge in [-0.25, -0.2) is 0 Å². The van der Waals surface area contributed by atoms with Crippen LogP contribution in [0.3, 0.4) is 0 Å². The molecular formula is C19H24F3N3O2. The van der Waals surface area contributed by atoms with Gasteiger partial charge in [0.1, 0.15) is 0 Å². The molecule has 1 aromatic carbocycles. The molecular weight excluding hydrogens is 359 g/mol. The van der Waals surface area contributed by atoms with E-state index in [1.807, 2.05) is 19.0 Å². The summed E-state index contributed by atoms with van der Waals surface area (Å²) in [6.45, 7) is 0. The van der Waals surface area contributed by atoms with Crippen LogP contribution in [0.15, 0.2) is 29.4 Å². The van der Waals surface area contributed by atoms with Crippen molar-refractivity contribution in [1.82, 2.24) is 5.01 Å². The van der Waals surface area contributed by atoms with Gasteiger partial charge in [-0.15, -0.1) is 0 Å². The summed E-state index contributed by atoms with van der Waals surface area (Å²) in [4.78, 5) is 14.6. The van der Waals surface area contributed by atoms with Gasteiger partial charge in [0, 0.05) is 37.5 Å². The lowest BCUT2D eigenvalue weighted by molar-refractivity contribution is -0.297. The standard InChI is InChI=1S/C19H24F3N3O2/c1-24(2)15-10-8-14(9-11-15)17(26)25-18(27,19(20,21)22)12-16(23-25)13-6-4-3-5-7-13/h8-11,13,27H,3-7,12H2,1-2H3/t18-/m0/s1. The molecule has 0 aromatic heterocycles. The van der Waals surface area contributed by atoms with E-state index < -0.39 is 24.2 Å². The molecule has 0 bridgehead atoms. The molecule has 5 nitrogen and oxygen atoms in total. The van der Waals surface area contributed by atoms with Crippen molar-refractivity contribution in [3.05, 3.63) is 29.8 Å². The Morgan fingerprint density at radius 3 is 2.30 bits per heavy atom. The number of hydrogen-bond acceptors (Lipinski definition) is 4. The van der Waals surface area contributed by atoms with Crippen molar-refractivity contribution < 1.29 is 23.1 Å². The van der Waals surface area contributed by atoms with Gasteiger partial charge in [0.2, 0.25) is 0 Å².